The number of carbonyl (C=O) groups excluding carboxylic acids is 2. The van der Waals surface area contributed by atoms with E-state index < -0.39 is 6.10 Å². The minimum atomic E-state index is -0.546. The lowest BCUT2D eigenvalue weighted by atomic mass is 10.0. The number of hydrogen-bond donors (Lipinski definition) is 1. The molecule has 2 aromatic rings. The van der Waals surface area contributed by atoms with Crippen molar-refractivity contribution in [2.75, 3.05) is 39.9 Å². The Kier molecular flexibility index (Phi) is 7.35. The normalized spacial score (nSPS) is 17.4. The van der Waals surface area contributed by atoms with Gasteiger partial charge < -0.3 is 19.6 Å². The molecule has 0 radical (unpaired) electrons. The fourth-order valence-corrected chi connectivity index (χ4v) is 4.61. The van der Waals surface area contributed by atoms with Crippen molar-refractivity contribution in [3.8, 4) is 0 Å². The summed E-state index contributed by atoms with van der Waals surface area (Å²) >= 11 is 0. The van der Waals surface area contributed by atoms with Gasteiger partial charge in [0.1, 0.15) is 0 Å². The minimum absolute atomic E-state index is 0.00894. The standard InChI is InChI=1S/C26H32N2O4/c1-27(23-16-21-4-2-3-5-22(21)17-23)18-24(29)10-11-25(30)19-6-8-20(9-7-19)26(31)28-12-14-32-15-13-28/h2-9,23-24,29H,10-18H2,1H3/t24-/m1/s1. The molecule has 4 rings (SSSR count). The molecule has 0 bridgehead atoms. The highest BCUT2D eigenvalue weighted by atomic mass is 16.5. The fraction of sp³-hybridized carbons (Fsp3) is 0.462. The average Bonchev–Trinajstić information content (AvgIpc) is 3.27. The number of morpholine rings is 1. The Bertz CT molecular complexity index is 912. The number of Topliss-reactive ketones (excluding diaryl/α,β-unsaturated/α-hetero) is 1. The zero-order chi connectivity index (χ0) is 22.5. The zero-order valence-corrected chi connectivity index (χ0v) is 18.7. The SMILES string of the molecule is CN(C[C@H](O)CCC(=O)c1ccc(C(=O)N2CCOCC2)cc1)C1Cc2ccccc2C1. The first-order valence-electron chi connectivity index (χ1n) is 11.5. The molecule has 1 amide bonds. The van der Waals surface area contributed by atoms with Crippen molar-refractivity contribution in [3.05, 3.63) is 70.8 Å². The third-order valence-corrected chi connectivity index (χ3v) is 6.61. The van der Waals surface area contributed by atoms with Crippen LogP contribution in [0.25, 0.3) is 0 Å². The summed E-state index contributed by atoms with van der Waals surface area (Å²) in [5.74, 6) is -0.0369. The van der Waals surface area contributed by atoms with E-state index in [2.05, 4.69) is 29.2 Å². The van der Waals surface area contributed by atoms with Crippen LogP contribution in [0.4, 0.5) is 0 Å². The van der Waals surface area contributed by atoms with E-state index in [1.807, 2.05) is 7.05 Å². The molecule has 0 spiro atoms. The lowest BCUT2D eigenvalue weighted by Crippen LogP contribution is -2.40. The van der Waals surface area contributed by atoms with Gasteiger partial charge in [-0.05, 0) is 49.6 Å². The Balaban J connectivity index is 1.23. The van der Waals surface area contributed by atoms with Gasteiger partial charge in [-0.3, -0.25) is 9.59 Å². The van der Waals surface area contributed by atoms with Gasteiger partial charge in [0.05, 0.1) is 19.3 Å². The second-order valence-corrected chi connectivity index (χ2v) is 8.87. The van der Waals surface area contributed by atoms with E-state index in [0.717, 1.165) is 12.8 Å². The third kappa shape index (κ3) is 5.44. The van der Waals surface area contributed by atoms with Crippen LogP contribution in [0.1, 0.15) is 44.7 Å². The maximum atomic E-state index is 12.6. The minimum Gasteiger partial charge on any atom is -0.392 e. The Labute approximate surface area is 189 Å². The van der Waals surface area contributed by atoms with E-state index in [9.17, 15) is 14.7 Å². The van der Waals surface area contributed by atoms with E-state index in [1.54, 1.807) is 29.2 Å². The molecule has 2 aromatic carbocycles. The lowest BCUT2D eigenvalue weighted by Gasteiger charge is -2.27. The predicted molar refractivity (Wildman–Crippen MR) is 123 cm³/mol. The van der Waals surface area contributed by atoms with Crippen LogP contribution in [-0.4, -0.2) is 78.6 Å². The molecule has 6 heteroatoms. The summed E-state index contributed by atoms with van der Waals surface area (Å²) in [6.45, 7) is 2.87. The predicted octanol–water partition coefficient (Wildman–Crippen LogP) is 2.58. The van der Waals surface area contributed by atoms with Gasteiger partial charge in [0.15, 0.2) is 5.78 Å². The smallest absolute Gasteiger partial charge is 0.254 e. The first-order chi connectivity index (χ1) is 15.5. The average molecular weight is 437 g/mol. The number of aliphatic hydroxyl groups excluding tert-OH is 1. The molecule has 170 valence electrons. The van der Waals surface area contributed by atoms with E-state index in [0.29, 0.717) is 56.4 Å². The van der Waals surface area contributed by atoms with Crippen LogP contribution in [0, 0.1) is 0 Å². The van der Waals surface area contributed by atoms with Crippen molar-refractivity contribution in [1.82, 2.24) is 9.80 Å². The van der Waals surface area contributed by atoms with Crippen LogP contribution in [0.5, 0.6) is 0 Å². The number of likely N-dealkylation sites (N-methyl/N-ethyl adjacent to an activating group) is 1. The van der Waals surface area contributed by atoms with Crippen LogP contribution in [0.3, 0.4) is 0 Å². The quantitative estimate of drug-likeness (QED) is 0.644. The number of amides is 1. The van der Waals surface area contributed by atoms with E-state index in [-0.39, 0.29) is 18.1 Å². The maximum Gasteiger partial charge on any atom is 0.254 e. The molecule has 0 unspecified atom stereocenters. The maximum absolute atomic E-state index is 12.6. The topological polar surface area (TPSA) is 70.1 Å². The van der Waals surface area contributed by atoms with Gasteiger partial charge in [-0.1, -0.05) is 36.4 Å². The molecule has 0 aromatic heterocycles. The van der Waals surface area contributed by atoms with Crippen molar-refractivity contribution in [3.63, 3.8) is 0 Å². The number of ether oxygens (including phenoxy) is 1. The molecule has 1 saturated heterocycles. The lowest BCUT2D eigenvalue weighted by molar-refractivity contribution is 0.0303. The van der Waals surface area contributed by atoms with Crippen LogP contribution >= 0.6 is 0 Å². The summed E-state index contributed by atoms with van der Waals surface area (Å²) < 4.78 is 5.29. The molecule has 6 nitrogen and oxygen atoms in total. The van der Waals surface area contributed by atoms with Crippen molar-refractivity contribution in [2.45, 2.75) is 37.8 Å². The van der Waals surface area contributed by atoms with Crippen LogP contribution < -0.4 is 0 Å². The van der Waals surface area contributed by atoms with Gasteiger partial charge in [0.2, 0.25) is 0 Å². The molecule has 1 aliphatic heterocycles. The summed E-state index contributed by atoms with van der Waals surface area (Å²) in [7, 11) is 2.05. The number of carbonyl (C=O) groups is 2. The second-order valence-electron chi connectivity index (χ2n) is 8.87. The highest BCUT2D eigenvalue weighted by Gasteiger charge is 2.25. The van der Waals surface area contributed by atoms with Crippen LogP contribution in [-0.2, 0) is 17.6 Å². The Morgan fingerprint density at radius 3 is 2.25 bits per heavy atom. The molecular formula is C26H32N2O4. The molecule has 1 fully saturated rings. The van der Waals surface area contributed by atoms with Gasteiger partial charge in [0, 0.05) is 43.2 Å². The van der Waals surface area contributed by atoms with Gasteiger partial charge in [0.25, 0.3) is 5.91 Å². The first kappa shape index (κ1) is 22.6. The van der Waals surface area contributed by atoms with E-state index >= 15 is 0 Å². The van der Waals surface area contributed by atoms with Crippen molar-refractivity contribution < 1.29 is 19.4 Å². The number of nitrogens with zero attached hydrogens (tertiary/aromatic N) is 2. The molecule has 1 heterocycles. The summed E-state index contributed by atoms with van der Waals surface area (Å²) in [6, 6.07) is 15.8. The highest BCUT2D eigenvalue weighted by Crippen LogP contribution is 2.25. The summed E-state index contributed by atoms with van der Waals surface area (Å²) in [4.78, 5) is 29.1. The third-order valence-electron chi connectivity index (χ3n) is 6.61. The van der Waals surface area contributed by atoms with Crippen molar-refractivity contribution in [2.24, 2.45) is 0 Å². The summed E-state index contributed by atoms with van der Waals surface area (Å²) in [5, 5.41) is 10.5. The molecule has 32 heavy (non-hydrogen) atoms. The van der Waals surface area contributed by atoms with Gasteiger partial charge >= 0.3 is 0 Å². The summed E-state index contributed by atoms with van der Waals surface area (Å²) in [6.07, 6.45) is 2.19. The van der Waals surface area contributed by atoms with Crippen LogP contribution in [0.2, 0.25) is 0 Å². The Morgan fingerprint density at radius 1 is 1.03 bits per heavy atom. The van der Waals surface area contributed by atoms with Gasteiger partial charge in [-0.15, -0.1) is 0 Å². The number of benzene rings is 2. The Morgan fingerprint density at radius 2 is 1.62 bits per heavy atom. The molecule has 0 saturated carbocycles. The van der Waals surface area contributed by atoms with Crippen molar-refractivity contribution >= 4 is 11.7 Å². The Hall–Kier alpha value is -2.54. The summed E-state index contributed by atoms with van der Waals surface area (Å²) in [5.41, 5.74) is 3.95. The largest absolute Gasteiger partial charge is 0.392 e. The van der Waals surface area contributed by atoms with Gasteiger partial charge in [-0.2, -0.15) is 0 Å². The van der Waals surface area contributed by atoms with Gasteiger partial charge in [-0.25, -0.2) is 0 Å². The highest BCUT2D eigenvalue weighted by molar-refractivity contribution is 5.98. The number of hydrogen-bond acceptors (Lipinski definition) is 5. The number of aliphatic hydroxyl groups is 1. The van der Waals surface area contributed by atoms with Crippen LogP contribution in [0.15, 0.2) is 48.5 Å². The van der Waals surface area contributed by atoms with Crippen molar-refractivity contribution in [1.29, 1.82) is 0 Å². The fourth-order valence-electron chi connectivity index (χ4n) is 4.61. The first-order valence-corrected chi connectivity index (χ1v) is 11.5. The monoisotopic (exact) mass is 436 g/mol. The number of fused-ring (bicyclic) bond motifs is 1. The van der Waals surface area contributed by atoms with E-state index in [1.165, 1.54) is 11.1 Å². The molecular weight excluding hydrogens is 404 g/mol. The number of ketones is 1. The second kappa shape index (κ2) is 10.4. The molecule has 1 atom stereocenters. The van der Waals surface area contributed by atoms with E-state index in [4.69, 9.17) is 4.74 Å². The molecule has 1 N–H and O–H groups in total. The molecule has 1 aliphatic carbocycles. The number of rotatable bonds is 8. The zero-order valence-electron chi connectivity index (χ0n) is 18.7. The molecule has 2 aliphatic rings.